The molecule has 0 aromatic heterocycles. The molecule has 1 saturated heterocycles. The molecule has 114 valence electrons. The van der Waals surface area contributed by atoms with Crippen LogP contribution in [0.25, 0.3) is 0 Å². The van der Waals surface area contributed by atoms with Gasteiger partial charge in [-0.25, -0.2) is 0 Å². The Morgan fingerprint density at radius 3 is 2.26 bits per heavy atom. The monoisotopic (exact) mass is 291 g/mol. The van der Waals surface area contributed by atoms with Crippen LogP contribution in [0.4, 0.5) is 0 Å². The minimum absolute atomic E-state index is 0.0278. The maximum Gasteiger partial charge on any atom is 0.279 e. The Labute approximate surface area is 118 Å². The molecule has 0 bridgehead atoms. The van der Waals surface area contributed by atoms with Crippen molar-refractivity contribution in [3.05, 3.63) is 0 Å². The van der Waals surface area contributed by atoms with Crippen LogP contribution in [0.1, 0.15) is 40.0 Å². The number of nitrogens with zero attached hydrogens (tertiary/aromatic N) is 1. The summed E-state index contributed by atoms with van der Waals surface area (Å²) in [6, 6.07) is 0.0278. The van der Waals surface area contributed by atoms with Gasteiger partial charge in [0.25, 0.3) is 10.2 Å². The molecule has 0 aromatic rings. The molecule has 1 heterocycles. The summed E-state index contributed by atoms with van der Waals surface area (Å²) in [5.74, 6) is 0.921. The van der Waals surface area contributed by atoms with Gasteiger partial charge in [-0.05, 0) is 44.7 Å². The molecule has 6 heteroatoms. The molecule has 2 N–H and O–H groups in total. The molecule has 1 atom stereocenters. The summed E-state index contributed by atoms with van der Waals surface area (Å²) in [5, 5.41) is 3.16. The lowest BCUT2D eigenvalue weighted by Gasteiger charge is -2.33. The second-order valence-electron chi connectivity index (χ2n) is 5.78. The van der Waals surface area contributed by atoms with Crippen molar-refractivity contribution in [1.82, 2.24) is 14.3 Å². The fourth-order valence-corrected chi connectivity index (χ4v) is 4.26. The van der Waals surface area contributed by atoms with Gasteiger partial charge in [0.1, 0.15) is 0 Å². The van der Waals surface area contributed by atoms with E-state index in [2.05, 4.69) is 23.9 Å². The summed E-state index contributed by atoms with van der Waals surface area (Å²) in [6.07, 6.45) is 2.72. The predicted octanol–water partition coefficient (Wildman–Crippen LogP) is 1.19. The van der Waals surface area contributed by atoms with Crippen LogP contribution in [0, 0.1) is 11.8 Å². The zero-order chi connectivity index (χ0) is 14.5. The van der Waals surface area contributed by atoms with Gasteiger partial charge in [-0.2, -0.15) is 17.4 Å². The first-order valence-electron chi connectivity index (χ1n) is 7.32. The topological polar surface area (TPSA) is 61.4 Å². The fourth-order valence-electron chi connectivity index (χ4n) is 2.60. The first kappa shape index (κ1) is 16.9. The summed E-state index contributed by atoms with van der Waals surface area (Å²) in [4.78, 5) is 0. The Balaban J connectivity index is 2.55. The highest BCUT2D eigenvalue weighted by Gasteiger charge is 2.29. The van der Waals surface area contributed by atoms with Gasteiger partial charge in [-0.1, -0.05) is 20.8 Å². The molecule has 1 fully saturated rings. The smallest absolute Gasteiger partial charge is 0.279 e. The second-order valence-corrected chi connectivity index (χ2v) is 7.48. The molecule has 1 aliphatic heterocycles. The van der Waals surface area contributed by atoms with Crippen LogP contribution in [-0.4, -0.2) is 45.4 Å². The number of hydrogen-bond acceptors (Lipinski definition) is 3. The average molecular weight is 291 g/mol. The molecule has 0 radical (unpaired) electrons. The van der Waals surface area contributed by atoms with Gasteiger partial charge in [0.2, 0.25) is 0 Å². The van der Waals surface area contributed by atoms with Crippen molar-refractivity contribution in [1.29, 1.82) is 0 Å². The van der Waals surface area contributed by atoms with Crippen molar-refractivity contribution in [2.45, 2.75) is 46.1 Å². The van der Waals surface area contributed by atoms with Crippen LogP contribution in [0.3, 0.4) is 0 Å². The van der Waals surface area contributed by atoms with Crippen molar-refractivity contribution >= 4 is 10.2 Å². The van der Waals surface area contributed by atoms with E-state index in [1.54, 1.807) is 4.31 Å². The summed E-state index contributed by atoms with van der Waals surface area (Å²) in [5.41, 5.74) is 0. The largest absolute Gasteiger partial charge is 0.319 e. The first-order chi connectivity index (χ1) is 8.90. The van der Waals surface area contributed by atoms with Crippen molar-refractivity contribution in [3.8, 4) is 0 Å². The third-order valence-electron chi connectivity index (χ3n) is 3.95. The lowest BCUT2D eigenvalue weighted by molar-refractivity contribution is 0.265. The van der Waals surface area contributed by atoms with E-state index in [1.165, 1.54) is 0 Å². The SMILES string of the molecule is CCC(NS(=O)(=O)N1CCC(CNC)CC1)C(C)C. The minimum Gasteiger partial charge on any atom is -0.319 e. The molecule has 1 rings (SSSR count). The Hall–Kier alpha value is -0.170. The maximum absolute atomic E-state index is 12.3. The molecule has 5 nitrogen and oxygen atoms in total. The van der Waals surface area contributed by atoms with Crippen LogP contribution in [0.5, 0.6) is 0 Å². The van der Waals surface area contributed by atoms with Crippen LogP contribution in [0.2, 0.25) is 0 Å². The van der Waals surface area contributed by atoms with Gasteiger partial charge >= 0.3 is 0 Å². The second kappa shape index (κ2) is 7.57. The highest BCUT2D eigenvalue weighted by molar-refractivity contribution is 7.87. The fraction of sp³-hybridized carbons (Fsp3) is 1.00. The summed E-state index contributed by atoms with van der Waals surface area (Å²) < 4.78 is 29.1. The van der Waals surface area contributed by atoms with Gasteiger partial charge < -0.3 is 5.32 Å². The van der Waals surface area contributed by atoms with E-state index < -0.39 is 10.2 Å². The molecule has 1 unspecified atom stereocenters. The third-order valence-corrected chi connectivity index (χ3v) is 5.60. The summed E-state index contributed by atoms with van der Waals surface area (Å²) in [6.45, 7) is 8.37. The van der Waals surface area contributed by atoms with Gasteiger partial charge in [-0.3, -0.25) is 0 Å². The van der Waals surface area contributed by atoms with Gasteiger partial charge in [-0.15, -0.1) is 0 Å². The van der Waals surface area contributed by atoms with Crippen LogP contribution in [-0.2, 0) is 10.2 Å². The molecule has 0 aromatic carbocycles. The summed E-state index contributed by atoms with van der Waals surface area (Å²) in [7, 11) is -1.37. The van der Waals surface area contributed by atoms with E-state index in [1.807, 2.05) is 14.0 Å². The molecule has 19 heavy (non-hydrogen) atoms. The van der Waals surface area contributed by atoms with E-state index in [0.29, 0.717) is 24.9 Å². The Morgan fingerprint density at radius 2 is 1.84 bits per heavy atom. The Kier molecular flexibility index (Phi) is 6.73. The quantitative estimate of drug-likeness (QED) is 0.740. The highest BCUT2D eigenvalue weighted by atomic mass is 32.2. The Morgan fingerprint density at radius 1 is 1.26 bits per heavy atom. The van der Waals surface area contributed by atoms with Crippen molar-refractivity contribution in [2.75, 3.05) is 26.7 Å². The van der Waals surface area contributed by atoms with Crippen LogP contribution < -0.4 is 10.0 Å². The number of hydrogen-bond donors (Lipinski definition) is 2. The minimum atomic E-state index is -3.32. The Bertz CT molecular complexity index is 349. The van der Waals surface area contributed by atoms with E-state index >= 15 is 0 Å². The molecule has 0 amide bonds. The molecule has 0 saturated carbocycles. The van der Waals surface area contributed by atoms with E-state index in [4.69, 9.17) is 0 Å². The van der Waals surface area contributed by atoms with Gasteiger partial charge in [0, 0.05) is 19.1 Å². The first-order valence-corrected chi connectivity index (χ1v) is 8.76. The van der Waals surface area contributed by atoms with Crippen molar-refractivity contribution < 1.29 is 8.42 Å². The van der Waals surface area contributed by atoms with Crippen LogP contribution >= 0.6 is 0 Å². The predicted molar refractivity (Wildman–Crippen MR) is 79.2 cm³/mol. The molecular formula is C13H29N3O2S. The van der Waals surface area contributed by atoms with Gasteiger partial charge in [0.15, 0.2) is 0 Å². The normalized spacial score (nSPS) is 20.9. The highest BCUT2D eigenvalue weighted by Crippen LogP contribution is 2.19. The number of rotatable bonds is 7. The maximum atomic E-state index is 12.3. The third kappa shape index (κ3) is 5.02. The average Bonchev–Trinajstić information content (AvgIpc) is 2.37. The zero-order valence-electron chi connectivity index (χ0n) is 12.6. The van der Waals surface area contributed by atoms with Gasteiger partial charge in [0.05, 0.1) is 0 Å². The van der Waals surface area contributed by atoms with E-state index in [0.717, 1.165) is 25.8 Å². The molecule has 0 spiro atoms. The molecule has 1 aliphatic rings. The van der Waals surface area contributed by atoms with Crippen molar-refractivity contribution in [2.24, 2.45) is 11.8 Å². The van der Waals surface area contributed by atoms with E-state index in [9.17, 15) is 8.42 Å². The standard InChI is InChI=1S/C13H29N3O2S/c1-5-13(11(2)3)15-19(17,18)16-8-6-12(7-9-16)10-14-4/h11-15H,5-10H2,1-4H3. The summed E-state index contributed by atoms with van der Waals surface area (Å²) >= 11 is 0. The molecule has 0 aliphatic carbocycles. The lowest BCUT2D eigenvalue weighted by Crippen LogP contribution is -2.50. The molecular weight excluding hydrogens is 262 g/mol. The lowest BCUT2D eigenvalue weighted by atomic mass is 9.98. The number of piperidine rings is 1. The van der Waals surface area contributed by atoms with Crippen LogP contribution in [0.15, 0.2) is 0 Å². The zero-order valence-corrected chi connectivity index (χ0v) is 13.5. The number of nitrogens with one attached hydrogen (secondary N) is 2. The van der Waals surface area contributed by atoms with E-state index in [-0.39, 0.29) is 6.04 Å². The van der Waals surface area contributed by atoms with Crippen molar-refractivity contribution in [3.63, 3.8) is 0 Å².